The molecule has 2 bridgehead atoms. The summed E-state index contributed by atoms with van der Waals surface area (Å²) in [5.74, 6) is -0.00512. The summed E-state index contributed by atoms with van der Waals surface area (Å²) >= 11 is 0. The number of hydrogen-bond acceptors (Lipinski definition) is 2. The predicted octanol–water partition coefficient (Wildman–Crippen LogP) is 2.64. The van der Waals surface area contributed by atoms with Gasteiger partial charge in [-0.3, -0.25) is 4.90 Å². The zero-order chi connectivity index (χ0) is 12.8. The maximum Gasteiger partial charge on any atom is 0.126 e. The Kier molecular flexibility index (Phi) is 2.85. The minimum Gasteiger partial charge on any atom is -0.310 e. The minimum absolute atomic E-state index is 0.00512. The monoisotopic (exact) mass is 260 g/mol. The third-order valence-electron chi connectivity index (χ3n) is 5.18. The zero-order valence-electron chi connectivity index (χ0n) is 11.2. The lowest BCUT2D eigenvalue weighted by Crippen LogP contribution is -2.37. The second-order valence-corrected chi connectivity index (χ2v) is 6.28. The van der Waals surface area contributed by atoms with Gasteiger partial charge in [-0.25, -0.2) is 4.39 Å². The van der Waals surface area contributed by atoms with E-state index >= 15 is 0 Å². The van der Waals surface area contributed by atoms with E-state index in [2.05, 4.69) is 16.3 Å². The molecule has 3 atom stereocenters. The zero-order valence-corrected chi connectivity index (χ0v) is 11.2. The van der Waals surface area contributed by atoms with Gasteiger partial charge in [0.1, 0.15) is 5.82 Å². The molecular formula is C16H21FN2. The van der Waals surface area contributed by atoms with Gasteiger partial charge in [-0.1, -0.05) is 12.1 Å². The number of nitrogens with one attached hydrogen (secondary N) is 1. The minimum atomic E-state index is -0.00512. The van der Waals surface area contributed by atoms with Crippen LogP contribution in [0.25, 0.3) is 0 Å². The Hall–Kier alpha value is -0.930. The Morgan fingerprint density at radius 2 is 2.00 bits per heavy atom. The summed E-state index contributed by atoms with van der Waals surface area (Å²) in [7, 11) is 0. The fraction of sp³-hybridized carbons (Fsp3) is 0.625. The van der Waals surface area contributed by atoms with Crippen LogP contribution in [0.2, 0.25) is 0 Å². The molecule has 2 nitrogen and oxygen atoms in total. The van der Waals surface area contributed by atoms with E-state index in [4.69, 9.17) is 0 Å². The average Bonchev–Trinajstić information content (AvgIpc) is 2.95. The molecule has 102 valence electrons. The Morgan fingerprint density at radius 3 is 2.95 bits per heavy atom. The van der Waals surface area contributed by atoms with Crippen molar-refractivity contribution >= 4 is 0 Å². The lowest BCUT2D eigenvalue weighted by Gasteiger charge is -2.30. The van der Waals surface area contributed by atoms with Crippen LogP contribution in [0.3, 0.4) is 0 Å². The first-order chi connectivity index (χ1) is 9.31. The molecule has 2 saturated heterocycles. The van der Waals surface area contributed by atoms with Gasteiger partial charge in [0, 0.05) is 31.2 Å². The van der Waals surface area contributed by atoms with Crippen molar-refractivity contribution in [1.29, 1.82) is 0 Å². The molecule has 1 N–H and O–H groups in total. The fourth-order valence-electron chi connectivity index (χ4n) is 4.22. The molecule has 3 aliphatic rings. The van der Waals surface area contributed by atoms with Crippen molar-refractivity contribution in [2.45, 2.75) is 50.2 Å². The number of benzene rings is 1. The fourth-order valence-corrected chi connectivity index (χ4v) is 4.22. The molecule has 1 aliphatic carbocycles. The molecule has 1 aromatic carbocycles. The Bertz CT molecular complexity index is 488. The highest BCUT2D eigenvalue weighted by Gasteiger charge is 2.35. The van der Waals surface area contributed by atoms with Crippen LogP contribution in [0.5, 0.6) is 0 Å². The SMILES string of the molecule is Fc1cccc2c1CCC2N1CCC2CCC(C1)N2. The van der Waals surface area contributed by atoms with E-state index in [1.54, 1.807) is 6.07 Å². The van der Waals surface area contributed by atoms with Crippen LogP contribution in [0.15, 0.2) is 18.2 Å². The van der Waals surface area contributed by atoms with Crippen LogP contribution in [0.1, 0.15) is 42.9 Å². The largest absolute Gasteiger partial charge is 0.310 e. The standard InChI is InChI=1S/C16H21FN2/c17-15-3-1-2-14-13(15)6-7-16(14)19-9-8-11-4-5-12(10-19)18-11/h1-3,11-12,16,18H,4-10H2. The molecule has 0 saturated carbocycles. The highest BCUT2D eigenvalue weighted by Crippen LogP contribution is 2.38. The van der Waals surface area contributed by atoms with E-state index < -0.39 is 0 Å². The molecule has 2 aliphatic heterocycles. The van der Waals surface area contributed by atoms with Crippen molar-refractivity contribution in [2.24, 2.45) is 0 Å². The van der Waals surface area contributed by atoms with E-state index in [1.165, 1.54) is 24.8 Å². The molecule has 4 rings (SSSR count). The maximum atomic E-state index is 13.8. The van der Waals surface area contributed by atoms with Crippen LogP contribution in [0.4, 0.5) is 4.39 Å². The summed E-state index contributed by atoms with van der Waals surface area (Å²) in [6, 6.07) is 7.44. The molecule has 19 heavy (non-hydrogen) atoms. The van der Waals surface area contributed by atoms with Gasteiger partial charge in [0.05, 0.1) is 0 Å². The summed E-state index contributed by atoms with van der Waals surface area (Å²) in [4.78, 5) is 2.60. The number of rotatable bonds is 1. The topological polar surface area (TPSA) is 15.3 Å². The van der Waals surface area contributed by atoms with E-state index in [-0.39, 0.29) is 5.82 Å². The van der Waals surface area contributed by atoms with Gasteiger partial charge in [0.2, 0.25) is 0 Å². The Morgan fingerprint density at radius 1 is 1.11 bits per heavy atom. The summed E-state index contributed by atoms with van der Waals surface area (Å²) in [6.45, 7) is 2.30. The van der Waals surface area contributed by atoms with Gasteiger partial charge >= 0.3 is 0 Å². The van der Waals surface area contributed by atoms with Crippen molar-refractivity contribution in [3.05, 3.63) is 35.1 Å². The molecule has 0 spiro atoms. The lowest BCUT2D eigenvalue weighted by atomic mass is 10.0. The number of fused-ring (bicyclic) bond motifs is 3. The van der Waals surface area contributed by atoms with Gasteiger partial charge < -0.3 is 5.32 Å². The first-order valence-electron chi connectivity index (χ1n) is 7.58. The molecule has 3 unspecified atom stereocenters. The van der Waals surface area contributed by atoms with E-state index in [1.807, 2.05) is 6.07 Å². The van der Waals surface area contributed by atoms with Gasteiger partial charge in [-0.2, -0.15) is 0 Å². The highest BCUT2D eigenvalue weighted by molar-refractivity contribution is 5.35. The van der Waals surface area contributed by atoms with Crippen molar-refractivity contribution in [3.8, 4) is 0 Å². The summed E-state index contributed by atoms with van der Waals surface area (Å²) in [6.07, 6.45) is 5.90. The van der Waals surface area contributed by atoms with E-state index in [0.717, 1.165) is 37.5 Å². The van der Waals surface area contributed by atoms with E-state index in [0.29, 0.717) is 12.1 Å². The van der Waals surface area contributed by atoms with Crippen molar-refractivity contribution in [2.75, 3.05) is 13.1 Å². The summed E-state index contributed by atoms with van der Waals surface area (Å²) in [5.41, 5.74) is 2.22. The Labute approximate surface area is 114 Å². The number of hydrogen-bond donors (Lipinski definition) is 1. The Balaban J connectivity index is 1.60. The normalized spacial score (nSPS) is 34.3. The molecule has 2 fully saturated rings. The molecule has 2 heterocycles. The number of halogens is 1. The average molecular weight is 260 g/mol. The second kappa shape index (κ2) is 4.57. The van der Waals surface area contributed by atoms with Crippen LogP contribution in [0, 0.1) is 5.82 Å². The first-order valence-corrected chi connectivity index (χ1v) is 7.58. The van der Waals surface area contributed by atoms with Gasteiger partial charge in [-0.05, 0) is 49.3 Å². The van der Waals surface area contributed by atoms with Gasteiger partial charge in [-0.15, -0.1) is 0 Å². The van der Waals surface area contributed by atoms with Crippen molar-refractivity contribution in [1.82, 2.24) is 10.2 Å². The van der Waals surface area contributed by atoms with Crippen LogP contribution < -0.4 is 5.32 Å². The van der Waals surface area contributed by atoms with Crippen LogP contribution in [-0.2, 0) is 6.42 Å². The molecule has 0 amide bonds. The summed E-state index contributed by atoms with van der Waals surface area (Å²) < 4.78 is 13.8. The van der Waals surface area contributed by atoms with Crippen molar-refractivity contribution < 1.29 is 4.39 Å². The molecular weight excluding hydrogens is 239 g/mol. The third-order valence-corrected chi connectivity index (χ3v) is 5.18. The number of likely N-dealkylation sites (tertiary alicyclic amines) is 1. The number of nitrogens with zero attached hydrogens (tertiary/aromatic N) is 1. The second-order valence-electron chi connectivity index (χ2n) is 6.28. The quantitative estimate of drug-likeness (QED) is 0.835. The smallest absolute Gasteiger partial charge is 0.126 e. The van der Waals surface area contributed by atoms with Crippen molar-refractivity contribution in [3.63, 3.8) is 0 Å². The molecule has 0 aromatic heterocycles. The molecule has 0 radical (unpaired) electrons. The first kappa shape index (κ1) is 11.9. The van der Waals surface area contributed by atoms with Crippen LogP contribution >= 0.6 is 0 Å². The summed E-state index contributed by atoms with van der Waals surface area (Å²) in [5, 5.41) is 3.73. The lowest BCUT2D eigenvalue weighted by molar-refractivity contribution is 0.187. The third kappa shape index (κ3) is 2.00. The molecule has 1 aromatic rings. The predicted molar refractivity (Wildman–Crippen MR) is 73.6 cm³/mol. The maximum absolute atomic E-state index is 13.8. The van der Waals surface area contributed by atoms with Gasteiger partial charge in [0.25, 0.3) is 0 Å². The van der Waals surface area contributed by atoms with E-state index in [9.17, 15) is 4.39 Å². The molecule has 3 heteroatoms. The highest BCUT2D eigenvalue weighted by atomic mass is 19.1. The van der Waals surface area contributed by atoms with Crippen LogP contribution in [-0.4, -0.2) is 30.1 Å². The van der Waals surface area contributed by atoms with Gasteiger partial charge in [0.15, 0.2) is 0 Å².